The standard InChI is InChI=1S/C14H18N2OS/c1-9-6-12(9)8-16(2)14(17)11-5-3-4-10(7-11)13(15)18/h3-5,7,9,12H,6,8H2,1-2H3,(H2,15,18). The second-order valence-electron chi connectivity index (χ2n) is 5.10. The summed E-state index contributed by atoms with van der Waals surface area (Å²) < 4.78 is 0. The first-order chi connectivity index (χ1) is 8.49. The molecule has 1 aromatic carbocycles. The number of nitrogens with two attached hydrogens (primary N) is 1. The molecule has 1 amide bonds. The molecule has 2 atom stereocenters. The number of hydrogen-bond donors (Lipinski definition) is 1. The lowest BCUT2D eigenvalue weighted by Gasteiger charge is -2.17. The molecule has 18 heavy (non-hydrogen) atoms. The summed E-state index contributed by atoms with van der Waals surface area (Å²) in [6.07, 6.45) is 1.23. The van der Waals surface area contributed by atoms with Crippen LogP contribution in [0.2, 0.25) is 0 Å². The maximum atomic E-state index is 12.2. The Morgan fingerprint density at radius 1 is 1.50 bits per heavy atom. The molecule has 3 nitrogen and oxygen atoms in total. The summed E-state index contributed by atoms with van der Waals surface area (Å²) in [5, 5.41) is 0. The third-order valence-electron chi connectivity index (χ3n) is 3.53. The van der Waals surface area contributed by atoms with Gasteiger partial charge in [-0.2, -0.15) is 0 Å². The smallest absolute Gasteiger partial charge is 0.253 e. The van der Waals surface area contributed by atoms with E-state index in [-0.39, 0.29) is 5.91 Å². The van der Waals surface area contributed by atoms with Crippen LogP contribution in [0.5, 0.6) is 0 Å². The van der Waals surface area contributed by atoms with Gasteiger partial charge < -0.3 is 10.6 Å². The lowest BCUT2D eigenvalue weighted by atomic mass is 10.1. The lowest BCUT2D eigenvalue weighted by molar-refractivity contribution is 0.0787. The van der Waals surface area contributed by atoms with Crippen LogP contribution in [0.15, 0.2) is 24.3 Å². The molecule has 0 saturated heterocycles. The topological polar surface area (TPSA) is 46.3 Å². The minimum absolute atomic E-state index is 0.0344. The zero-order valence-corrected chi connectivity index (χ0v) is 11.5. The Bertz CT molecular complexity index is 486. The molecule has 0 aliphatic heterocycles. The largest absolute Gasteiger partial charge is 0.389 e. The van der Waals surface area contributed by atoms with Crippen molar-refractivity contribution < 1.29 is 4.79 Å². The minimum atomic E-state index is 0.0344. The van der Waals surface area contributed by atoms with Gasteiger partial charge in [-0.05, 0) is 30.4 Å². The van der Waals surface area contributed by atoms with Crippen molar-refractivity contribution in [1.82, 2.24) is 4.90 Å². The van der Waals surface area contributed by atoms with Crippen LogP contribution in [0.3, 0.4) is 0 Å². The minimum Gasteiger partial charge on any atom is -0.389 e. The Morgan fingerprint density at radius 3 is 2.67 bits per heavy atom. The van der Waals surface area contributed by atoms with Gasteiger partial charge in [0.1, 0.15) is 4.99 Å². The van der Waals surface area contributed by atoms with E-state index in [4.69, 9.17) is 18.0 Å². The SMILES string of the molecule is CC1CC1CN(C)C(=O)c1cccc(C(N)=S)c1. The van der Waals surface area contributed by atoms with Gasteiger partial charge >= 0.3 is 0 Å². The van der Waals surface area contributed by atoms with Gasteiger partial charge in [0.2, 0.25) is 0 Å². The average molecular weight is 262 g/mol. The van der Waals surface area contributed by atoms with Gasteiger partial charge in [-0.3, -0.25) is 4.79 Å². The van der Waals surface area contributed by atoms with E-state index in [1.807, 2.05) is 19.2 Å². The van der Waals surface area contributed by atoms with Crippen LogP contribution < -0.4 is 5.73 Å². The van der Waals surface area contributed by atoms with Gasteiger partial charge in [-0.25, -0.2) is 0 Å². The summed E-state index contributed by atoms with van der Waals surface area (Å²) in [5.41, 5.74) is 6.96. The maximum Gasteiger partial charge on any atom is 0.253 e. The van der Waals surface area contributed by atoms with Crippen molar-refractivity contribution in [2.24, 2.45) is 17.6 Å². The molecule has 2 rings (SSSR count). The summed E-state index contributed by atoms with van der Waals surface area (Å²) in [7, 11) is 1.85. The fraction of sp³-hybridized carbons (Fsp3) is 0.429. The van der Waals surface area contributed by atoms with E-state index in [0.717, 1.165) is 18.0 Å². The molecule has 2 N–H and O–H groups in total. The molecule has 4 heteroatoms. The molecule has 1 aliphatic carbocycles. The zero-order valence-electron chi connectivity index (χ0n) is 10.7. The highest BCUT2D eigenvalue weighted by molar-refractivity contribution is 7.80. The van der Waals surface area contributed by atoms with Crippen molar-refractivity contribution in [3.05, 3.63) is 35.4 Å². The number of benzene rings is 1. The van der Waals surface area contributed by atoms with Crippen molar-refractivity contribution in [2.45, 2.75) is 13.3 Å². The molecule has 2 unspecified atom stereocenters. The van der Waals surface area contributed by atoms with E-state index in [9.17, 15) is 4.79 Å². The van der Waals surface area contributed by atoms with E-state index < -0.39 is 0 Å². The molecule has 1 fully saturated rings. The number of nitrogens with zero attached hydrogens (tertiary/aromatic N) is 1. The molecular weight excluding hydrogens is 244 g/mol. The monoisotopic (exact) mass is 262 g/mol. The van der Waals surface area contributed by atoms with Gasteiger partial charge in [0, 0.05) is 24.7 Å². The first kappa shape index (κ1) is 13.0. The number of rotatable bonds is 4. The first-order valence-corrected chi connectivity index (χ1v) is 6.55. The molecule has 96 valence electrons. The van der Waals surface area contributed by atoms with Gasteiger partial charge in [-0.15, -0.1) is 0 Å². The Morgan fingerprint density at radius 2 is 2.11 bits per heavy atom. The van der Waals surface area contributed by atoms with Crippen LogP contribution in [-0.2, 0) is 0 Å². The van der Waals surface area contributed by atoms with Crippen molar-refractivity contribution in [2.75, 3.05) is 13.6 Å². The number of amides is 1. The highest BCUT2D eigenvalue weighted by Crippen LogP contribution is 2.38. The van der Waals surface area contributed by atoms with Crippen LogP contribution in [0, 0.1) is 11.8 Å². The van der Waals surface area contributed by atoms with Crippen LogP contribution in [0.25, 0.3) is 0 Å². The van der Waals surface area contributed by atoms with E-state index in [1.165, 1.54) is 6.42 Å². The third-order valence-corrected chi connectivity index (χ3v) is 3.76. The van der Waals surface area contributed by atoms with Crippen molar-refractivity contribution in [1.29, 1.82) is 0 Å². The molecule has 1 saturated carbocycles. The van der Waals surface area contributed by atoms with Crippen molar-refractivity contribution in [3.8, 4) is 0 Å². The molecule has 1 aromatic rings. The van der Waals surface area contributed by atoms with Gasteiger partial charge in [-0.1, -0.05) is 31.3 Å². The van der Waals surface area contributed by atoms with Crippen molar-refractivity contribution >= 4 is 23.1 Å². The van der Waals surface area contributed by atoms with E-state index in [1.54, 1.807) is 17.0 Å². The quantitative estimate of drug-likeness (QED) is 0.845. The maximum absolute atomic E-state index is 12.2. The number of carbonyl (C=O) groups is 1. The Hall–Kier alpha value is -1.42. The summed E-state index contributed by atoms with van der Waals surface area (Å²) >= 11 is 4.92. The Labute approximate surface area is 113 Å². The molecule has 0 bridgehead atoms. The summed E-state index contributed by atoms with van der Waals surface area (Å²) in [5.74, 6) is 1.45. The third kappa shape index (κ3) is 2.88. The average Bonchev–Trinajstić information content (AvgIpc) is 3.04. The summed E-state index contributed by atoms with van der Waals surface area (Å²) in [6, 6.07) is 7.20. The predicted molar refractivity (Wildman–Crippen MR) is 76.6 cm³/mol. The number of thiocarbonyl (C=S) groups is 1. The molecule has 0 aromatic heterocycles. The Kier molecular flexibility index (Phi) is 3.66. The van der Waals surface area contributed by atoms with Crippen LogP contribution in [0.1, 0.15) is 29.3 Å². The van der Waals surface area contributed by atoms with E-state index >= 15 is 0 Å². The van der Waals surface area contributed by atoms with E-state index in [2.05, 4.69) is 6.92 Å². The highest BCUT2D eigenvalue weighted by atomic mass is 32.1. The van der Waals surface area contributed by atoms with Crippen LogP contribution >= 0.6 is 12.2 Å². The van der Waals surface area contributed by atoms with Gasteiger partial charge in [0.25, 0.3) is 5.91 Å². The van der Waals surface area contributed by atoms with Gasteiger partial charge in [0.15, 0.2) is 0 Å². The van der Waals surface area contributed by atoms with Gasteiger partial charge in [0.05, 0.1) is 0 Å². The molecule has 0 heterocycles. The number of hydrogen-bond acceptors (Lipinski definition) is 2. The highest BCUT2D eigenvalue weighted by Gasteiger charge is 2.34. The number of carbonyl (C=O) groups excluding carboxylic acids is 1. The normalized spacial score (nSPS) is 21.4. The molecular formula is C14H18N2OS. The summed E-state index contributed by atoms with van der Waals surface area (Å²) in [4.78, 5) is 14.3. The van der Waals surface area contributed by atoms with E-state index in [0.29, 0.717) is 16.5 Å². The molecule has 0 spiro atoms. The van der Waals surface area contributed by atoms with Crippen molar-refractivity contribution in [3.63, 3.8) is 0 Å². The summed E-state index contributed by atoms with van der Waals surface area (Å²) in [6.45, 7) is 3.05. The van der Waals surface area contributed by atoms with Crippen LogP contribution in [0.4, 0.5) is 0 Å². The fourth-order valence-electron chi connectivity index (χ4n) is 2.11. The lowest BCUT2D eigenvalue weighted by Crippen LogP contribution is -2.29. The fourth-order valence-corrected chi connectivity index (χ4v) is 2.24. The second-order valence-corrected chi connectivity index (χ2v) is 5.54. The second kappa shape index (κ2) is 5.06. The Balaban J connectivity index is 2.07. The van der Waals surface area contributed by atoms with Crippen LogP contribution in [-0.4, -0.2) is 29.4 Å². The predicted octanol–water partition coefficient (Wildman–Crippen LogP) is 2.05. The first-order valence-electron chi connectivity index (χ1n) is 6.14. The molecule has 0 radical (unpaired) electrons. The zero-order chi connectivity index (χ0) is 13.3. The molecule has 1 aliphatic rings.